The molecule has 1 aliphatic heterocycles. The van der Waals surface area contributed by atoms with E-state index in [0.29, 0.717) is 4.75 Å². The maximum Gasteiger partial charge on any atom is 0.137 e. The van der Waals surface area contributed by atoms with Crippen LogP contribution in [-0.4, -0.2) is 27.0 Å². The van der Waals surface area contributed by atoms with Crippen LogP contribution in [0.15, 0.2) is 24.5 Å². The van der Waals surface area contributed by atoms with Gasteiger partial charge in [0.05, 0.1) is 5.52 Å². The average molecular weight is 274 g/mol. The molecule has 0 spiro atoms. The molecule has 19 heavy (non-hydrogen) atoms. The van der Waals surface area contributed by atoms with Gasteiger partial charge in [0.1, 0.15) is 12.1 Å². The maximum absolute atomic E-state index is 5.78. The molecule has 1 aliphatic rings. The van der Waals surface area contributed by atoms with Gasteiger partial charge in [-0.3, -0.25) is 0 Å². The monoisotopic (exact) mass is 274 g/mol. The zero-order valence-electron chi connectivity index (χ0n) is 11.0. The summed E-state index contributed by atoms with van der Waals surface area (Å²) in [6, 6.07) is 5.76. The highest BCUT2D eigenvalue weighted by molar-refractivity contribution is 8.00. The van der Waals surface area contributed by atoms with Crippen LogP contribution in [-0.2, 0) is 0 Å². The van der Waals surface area contributed by atoms with Crippen molar-refractivity contribution in [2.75, 3.05) is 23.3 Å². The van der Waals surface area contributed by atoms with E-state index >= 15 is 0 Å². The summed E-state index contributed by atoms with van der Waals surface area (Å²) in [5.74, 6) is 2.16. The zero-order chi connectivity index (χ0) is 13.3. The number of thioether (sulfide) groups is 1. The van der Waals surface area contributed by atoms with Crippen LogP contribution >= 0.6 is 11.8 Å². The van der Waals surface area contributed by atoms with Crippen LogP contribution in [0.5, 0.6) is 0 Å². The molecule has 4 nitrogen and oxygen atoms in total. The summed E-state index contributed by atoms with van der Waals surface area (Å²) >= 11 is 2.05. The molecule has 0 radical (unpaired) electrons. The molecule has 1 fully saturated rings. The van der Waals surface area contributed by atoms with Crippen molar-refractivity contribution in [2.45, 2.75) is 24.5 Å². The molecule has 1 saturated heterocycles. The van der Waals surface area contributed by atoms with Crippen molar-refractivity contribution < 1.29 is 0 Å². The van der Waals surface area contributed by atoms with Gasteiger partial charge < -0.3 is 11.1 Å². The molecule has 3 rings (SSSR count). The second-order valence-corrected chi connectivity index (χ2v) is 6.94. The van der Waals surface area contributed by atoms with Gasteiger partial charge in [-0.25, -0.2) is 9.97 Å². The summed E-state index contributed by atoms with van der Waals surface area (Å²) in [5, 5.41) is 4.51. The van der Waals surface area contributed by atoms with Crippen LogP contribution in [0.3, 0.4) is 0 Å². The van der Waals surface area contributed by atoms with Gasteiger partial charge in [0, 0.05) is 22.4 Å². The molecule has 0 aliphatic carbocycles. The number of fused-ring (bicyclic) bond motifs is 1. The van der Waals surface area contributed by atoms with Crippen molar-refractivity contribution in [2.24, 2.45) is 0 Å². The number of anilines is 2. The standard InChI is InChI=1S/C14H18N4S/c1-14(5-2-6-19-14)8-16-13-11-4-3-10(15)7-12(11)17-9-18-13/h3-4,7,9H,2,5-6,8,15H2,1H3,(H,16,17,18). The molecule has 2 aromatic rings. The first-order valence-corrected chi connectivity index (χ1v) is 7.53. The van der Waals surface area contributed by atoms with Crippen LogP contribution in [0.25, 0.3) is 10.9 Å². The second kappa shape index (κ2) is 4.89. The summed E-state index contributed by atoms with van der Waals surface area (Å²) in [7, 11) is 0. The van der Waals surface area contributed by atoms with E-state index in [-0.39, 0.29) is 0 Å². The van der Waals surface area contributed by atoms with Crippen molar-refractivity contribution in [3.8, 4) is 0 Å². The SMILES string of the molecule is CC1(CNc2ncnc3cc(N)ccc23)CCCS1. The number of nitrogens with two attached hydrogens (primary N) is 1. The Balaban J connectivity index is 1.84. The Morgan fingerprint density at radius 3 is 3.11 bits per heavy atom. The highest BCUT2D eigenvalue weighted by Gasteiger charge is 2.29. The molecule has 0 bridgehead atoms. The van der Waals surface area contributed by atoms with Gasteiger partial charge in [0.2, 0.25) is 0 Å². The quantitative estimate of drug-likeness (QED) is 0.843. The largest absolute Gasteiger partial charge is 0.399 e. The minimum atomic E-state index is 0.324. The number of hydrogen-bond donors (Lipinski definition) is 2. The van der Waals surface area contributed by atoms with Crippen molar-refractivity contribution in [3.05, 3.63) is 24.5 Å². The highest BCUT2D eigenvalue weighted by Crippen LogP contribution is 2.37. The van der Waals surface area contributed by atoms with E-state index < -0.39 is 0 Å². The van der Waals surface area contributed by atoms with E-state index in [2.05, 4.69) is 22.2 Å². The third-order valence-corrected chi connectivity index (χ3v) is 5.13. The first-order chi connectivity index (χ1) is 9.16. The molecule has 2 heterocycles. The maximum atomic E-state index is 5.78. The van der Waals surface area contributed by atoms with E-state index in [4.69, 9.17) is 5.73 Å². The van der Waals surface area contributed by atoms with Crippen LogP contribution in [0.1, 0.15) is 19.8 Å². The fourth-order valence-corrected chi connectivity index (χ4v) is 3.71. The predicted molar refractivity (Wildman–Crippen MR) is 82.5 cm³/mol. The van der Waals surface area contributed by atoms with Crippen molar-refractivity contribution in [3.63, 3.8) is 0 Å². The minimum absolute atomic E-state index is 0.324. The van der Waals surface area contributed by atoms with E-state index in [1.54, 1.807) is 6.33 Å². The Morgan fingerprint density at radius 1 is 1.42 bits per heavy atom. The molecule has 0 saturated carbocycles. The topological polar surface area (TPSA) is 63.8 Å². The fourth-order valence-electron chi connectivity index (χ4n) is 2.46. The number of hydrogen-bond acceptors (Lipinski definition) is 5. The first kappa shape index (κ1) is 12.5. The van der Waals surface area contributed by atoms with Gasteiger partial charge in [-0.15, -0.1) is 0 Å². The van der Waals surface area contributed by atoms with Gasteiger partial charge >= 0.3 is 0 Å². The van der Waals surface area contributed by atoms with Crippen LogP contribution < -0.4 is 11.1 Å². The zero-order valence-corrected chi connectivity index (χ0v) is 11.8. The van der Waals surface area contributed by atoms with Gasteiger partial charge in [-0.2, -0.15) is 11.8 Å². The van der Waals surface area contributed by atoms with Gasteiger partial charge in [0.15, 0.2) is 0 Å². The van der Waals surface area contributed by atoms with Crippen LogP contribution in [0, 0.1) is 0 Å². The fraction of sp³-hybridized carbons (Fsp3) is 0.429. The highest BCUT2D eigenvalue weighted by atomic mass is 32.2. The van der Waals surface area contributed by atoms with Crippen molar-refractivity contribution >= 4 is 34.2 Å². The number of nitrogens with one attached hydrogen (secondary N) is 1. The summed E-state index contributed by atoms with van der Waals surface area (Å²) in [6.07, 6.45) is 4.17. The van der Waals surface area contributed by atoms with E-state index in [9.17, 15) is 0 Å². The van der Waals surface area contributed by atoms with Crippen molar-refractivity contribution in [1.29, 1.82) is 0 Å². The predicted octanol–water partition coefficient (Wildman–Crippen LogP) is 2.91. The Hall–Kier alpha value is -1.49. The van der Waals surface area contributed by atoms with Crippen molar-refractivity contribution in [1.82, 2.24) is 9.97 Å². The molecular formula is C14H18N4S. The van der Waals surface area contributed by atoms with Gasteiger partial charge in [-0.05, 0) is 43.7 Å². The minimum Gasteiger partial charge on any atom is -0.399 e. The lowest BCUT2D eigenvalue weighted by Crippen LogP contribution is -2.27. The third-order valence-electron chi connectivity index (χ3n) is 3.59. The normalized spacial score (nSPS) is 22.8. The Labute approximate surface area is 117 Å². The molecule has 1 aromatic carbocycles. The molecule has 3 N–H and O–H groups in total. The number of nitrogen functional groups attached to an aromatic ring is 1. The lowest BCUT2D eigenvalue weighted by atomic mass is 10.1. The molecule has 1 unspecified atom stereocenters. The van der Waals surface area contributed by atoms with Crippen LogP contribution in [0.2, 0.25) is 0 Å². The summed E-state index contributed by atoms with van der Waals surface area (Å²) in [5.41, 5.74) is 7.41. The molecular weight excluding hydrogens is 256 g/mol. The number of benzene rings is 1. The number of rotatable bonds is 3. The molecule has 1 atom stereocenters. The summed E-state index contributed by atoms with van der Waals surface area (Å²) in [4.78, 5) is 8.62. The van der Waals surface area contributed by atoms with E-state index in [1.807, 2.05) is 30.0 Å². The van der Waals surface area contributed by atoms with E-state index in [0.717, 1.165) is 29.0 Å². The third kappa shape index (κ3) is 2.61. The molecule has 1 aromatic heterocycles. The summed E-state index contributed by atoms with van der Waals surface area (Å²) < 4.78 is 0.324. The average Bonchev–Trinajstić information content (AvgIpc) is 2.83. The van der Waals surface area contributed by atoms with Gasteiger partial charge in [-0.1, -0.05) is 0 Å². The van der Waals surface area contributed by atoms with E-state index in [1.165, 1.54) is 18.6 Å². The smallest absolute Gasteiger partial charge is 0.137 e. The van der Waals surface area contributed by atoms with Gasteiger partial charge in [0.25, 0.3) is 0 Å². The first-order valence-electron chi connectivity index (χ1n) is 6.54. The molecule has 5 heteroatoms. The van der Waals surface area contributed by atoms with Crippen LogP contribution in [0.4, 0.5) is 11.5 Å². The lowest BCUT2D eigenvalue weighted by molar-refractivity contribution is 0.634. The lowest BCUT2D eigenvalue weighted by Gasteiger charge is -2.23. The Bertz CT molecular complexity index is 593. The summed E-state index contributed by atoms with van der Waals surface area (Å²) in [6.45, 7) is 3.26. The molecule has 100 valence electrons. The second-order valence-electron chi connectivity index (χ2n) is 5.25. The molecule has 0 amide bonds. The Kier molecular flexibility index (Phi) is 3.22. The number of aromatic nitrogens is 2. The Morgan fingerprint density at radius 2 is 2.32 bits per heavy atom. The number of nitrogens with zero attached hydrogens (tertiary/aromatic N) is 2.